The van der Waals surface area contributed by atoms with Gasteiger partial charge in [0, 0.05) is 0 Å². The lowest BCUT2D eigenvalue weighted by molar-refractivity contribution is -0.121. The summed E-state index contributed by atoms with van der Waals surface area (Å²) in [6.07, 6.45) is 2.43. The van der Waals surface area contributed by atoms with E-state index in [9.17, 15) is 13.2 Å². The van der Waals surface area contributed by atoms with Crippen LogP contribution in [0.4, 0.5) is 5.69 Å². The van der Waals surface area contributed by atoms with Crippen molar-refractivity contribution in [2.24, 2.45) is 5.10 Å². The molecule has 0 bridgehead atoms. The van der Waals surface area contributed by atoms with Gasteiger partial charge < -0.3 is 0 Å². The Balaban J connectivity index is 2.14. The molecule has 1 unspecified atom stereocenters. The van der Waals surface area contributed by atoms with Gasteiger partial charge >= 0.3 is 0 Å². The van der Waals surface area contributed by atoms with Crippen LogP contribution >= 0.6 is 23.2 Å². The van der Waals surface area contributed by atoms with Gasteiger partial charge in [-0.15, -0.1) is 0 Å². The molecule has 0 aliphatic heterocycles. The summed E-state index contributed by atoms with van der Waals surface area (Å²) in [6.45, 7) is 1.48. The standard InChI is InChI=1S/C17H17Cl2N3O3S/c1-12(22(26(2,24)25)14-6-4-3-5-7-14)17(23)21-20-11-13-8-9-15(18)16(19)10-13/h3-12H,1-2H3,(H,21,23). The highest BCUT2D eigenvalue weighted by atomic mass is 35.5. The van der Waals surface area contributed by atoms with E-state index in [1.807, 2.05) is 0 Å². The Morgan fingerprint density at radius 2 is 1.81 bits per heavy atom. The number of anilines is 1. The van der Waals surface area contributed by atoms with Gasteiger partial charge in [-0.3, -0.25) is 9.10 Å². The van der Waals surface area contributed by atoms with Gasteiger partial charge in [-0.25, -0.2) is 13.8 Å². The van der Waals surface area contributed by atoms with Crippen LogP contribution in [0.1, 0.15) is 12.5 Å². The van der Waals surface area contributed by atoms with Crippen molar-refractivity contribution in [3.05, 3.63) is 64.1 Å². The highest BCUT2D eigenvalue weighted by Gasteiger charge is 2.28. The minimum atomic E-state index is -3.66. The van der Waals surface area contributed by atoms with Gasteiger partial charge in [0.05, 0.1) is 28.2 Å². The summed E-state index contributed by atoms with van der Waals surface area (Å²) in [6, 6.07) is 12.3. The van der Waals surface area contributed by atoms with Gasteiger partial charge in [0.25, 0.3) is 5.91 Å². The highest BCUT2D eigenvalue weighted by Crippen LogP contribution is 2.22. The van der Waals surface area contributed by atoms with Crippen molar-refractivity contribution in [2.45, 2.75) is 13.0 Å². The molecule has 0 aromatic heterocycles. The zero-order valence-electron chi connectivity index (χ0n) is 14.1. The van der Waals surface area contributed by atoms with Crippen molar-refractivity contribution < 1.29 is 13.2 Å². The second-order valence-corrected chi connectivity index (χ2v) is 8.15. The molecule has 1 amide bonds. The van der Waals surface area contributed by atoms with E-state index in [1.54, 1.807) is 48.5 Å². The maximum Gasteiger partial charge on any atom is 0.263 e. The zero-order chi connectivity index (χ0) is 19.3. The van der Waals surface area contributed by atoms with Crippen LogP contribution in [0.5, 0.6) is 0 Å². The lowest BCUT2D eigenvalue weighted by atomic mass is 10.2. The lowest BCUT2D eigenvalue weighted by Gasteiger charge is -2.27. The predicted octanol–water partition coefficient (Wildman–Crippen LogP) is 3.30. The first-order valence-electron chi connectivity index (χ1n) is 7.52. The Labute approximate surface area is 162 Å². The molecule has 9 heteroatoms. The van der Waals surface area contributed by atoms with Crippen molar-refractivity contribution >= 4 is 51.0 Å². The number of carbonyl (C=O) groups is 1. The minimum absolute atomic E-state index is 0.364. The number of amides is 1. The molecule has 0 fully saturated rings. The fraction of sp³-hybridized carbons (Fsp3) is 0.176. The largest absolute Gasteiger partial charge is 0.271 e. The highest BCUT2D eigenvalue weighted by molar-refractivity contribution is 7.92. The normalized spacial score (nSPS) is 12.8. The number of hydrazone groups is 1. The van der Waals surface area contributed by atoms with E-state index in [4.69, 9.17) is 23.2 Å². The first-order valence-corrected chi connectivity index (χ1v) is 10.1. The second-order valence-electron chi connectivity index (χ2n) is 5.48. The van der Waals surface area contributed by atoms with Crippen LogP contribution in [0.25, 0.3) is 0 Å². The molecule has 0 radical (unpaired) electrons. The summed E-state index contributed by atoms with van der Waals surface area (Å²) in [7, 11) is -3.66. The number of hydrogen-bond donors (Lipinski definition) is 1. The third-order valence-corrected chi connectivity index (χ3v) is 5.41. The molecule has 2 aromatic carbocycles. The predicted molar refractivity (Wildman–Crippen MR) is 105 cm³/mol. The van der Waals surface area contributed by atoms with Crippen LogP contribution in [0.15, 0.2) is 53.6 Å². The van der Waals surface area contributed by atoms with Gasteiger partial charge in [0.15, 0.2) is 0 Å². The molecule has 0 saturated carbocycles. The van der Waals surface area contributed by atoms with E-state index < -0.39 is 22.0 Å². The van der Waals surface area contributed by atoms with Crippen molar-refractivity contribution in [2.75, 3.05) is 10.6 Å². The third kappa shape index (κ3) is 5.20. The Hall–Kier alpha value is -2.09. The molecule has 138 valence electrons. The molecular weight excluding hydrogens is 397 g/mol. The van der Waals surface area contributed by atoms with Crippen molar-refractivity contribution in [3.63, 3.8) is 0 Å². The Kier molecular flexibility index (Phi) is 6.63. The summed E-state index contributed by atoms with van der Waals surface area (Å²) >= 11 is 11.7. The van der Waals surface area contributed by atoms with Gasteiger partial charge in [0.1, 0.15) is 6.04 Å². The van der Waals surface area contributed by atoms with Crippen molar-refractivity contribution in [1.82, 2.24) is 5.43 Å². The van der Waals surface area contributed by atoms with Gasteiger partial charge in [-0.1, -0.05) is 47.5 Å². The quantitative estimate of drug-likeness (QED) is 0.582. The van der Waals surface area contributed by atoms with E-state index >= 15 is 0 Å². The van der Waals surface area contributed by atoms with E-state index in [0.717, 1.165) is 10.6 Å². The first kappa shape index (κ1) is 20.2. The van der Waals surface area contributed by atoms with Crippen LogP contribution in [-0.2, 0) is 14.8 Å². The molecule has 0 saturated heterocycles. The number of rotatable bonds is 6. The molecule has 1 N–H and O–H groups in total. The SMILES string of the molecule is CC(C(=O)NN=Cc1ccc(Cl)c(Cl)c1)N(c1ccccc1)S(C)(=O)=O. The summed E-state index contributed by atoms with van der Waals surface area (Å²) in [5.74, 6) is -0.574. The number of halogens is 2. The Bertz CT molecular complexity index is 918. The van der Waals surface area contributed by atoms with Crippen molar-refractivity contribution in [1.29, 1.82) is 0 Å². The van der Waals surface area contributed by atoms with Crippen LogP contribution in [0.2, 0.25) is 10.0 Å². The molecular formula is C17H17Cl2N3O3S. The fourth-order valence-corrected chi connectivity index (χ4v) is 3.72. The molecule has 0 aliphatic rings. The zero-order valence-corrected chi connectivity index (χ0v) is 16.4. The summed E-state index contributed by atoms with van der Waals surface area (Å²) in [5.41, 5.74) is 3.36. The van der Waals surface area contributed by atoms with E-state index in [0.29, 0.717) is 21.3 Å². The average Bonchev–Trinajstić information content (AvgIpc) is 2.57. The molecule has 2 rings (SSSR count). The third-order valence-electron chi connectivity index (χ3n) is 3.43. The lowest BCUT2D eigenvalue weighted by Crippen LogP contribution is -2.46. The van der Waals surface area contributed by atoms with Gasteiger partial charge in [-0.05, 0) is 36.8 Å². The summed E-state index contributed by atoms with van der Waals surface area (Å²) in [4.78, 5) is 12.3. The molecule has 26 heavy (non-hydrogen) atoms. The summed E-state index contributed by atoms with van der Waals surface area (Å²) < 4.78 is 25.3. The number of nitrogens with zero attached hydrogens (tertiary/aromatic N) is 2. The number of sulfonamides is 1. The Morgan fingerprint density at radius 1 is 1.15 bits per heavy atom. The van der Waals surface area contributed by atoms with Gasteiger partial charge in [0.2, 0.25) is 10.0 Å². The maximum atomic E-state index is 12.3. The monoisotopic (exact) mass is 413 g/mol. The number of benzene rings is 2. The second kappa shape index (κ2) is 8.53. The van der Waals surface area contributed by atoms with Crippen LogP contribution in [0, 0.1) is 0 Å². The fourth-order valence-electron chi connectivity index (χ4n) is 2.24. The number of hydrogen-bond acceptors (Lipinski definition) is 4. The smallest absolute Gasteiger partial charge is 0.263 e. The number of para-hydroxylation sites is 1. The van der Waals surface area contributed by atoms with Crippen molar-refractivity contribution in [3.8, 4) is 0 Å². The van der Waals surface area contributed by atoms with Gasteiger partial charge in [-0.2, -0.15) is 5.10 Å². The molecule has 6 nitrogen and oxygen atoms in total. The van der Waals surface area contributed by atoms with E-state index in [1.165, 1.54) is 13.1 Å². The maximum absolute atomic E-state index is 12.3. The first-order chi connectivity index (χ1) is 12.2. The van der Waals surface area contributed by atoms with Crippen LogP contribution < -0.4 is 9.73 Å². The van der Waals surface area contributed by atoms with Crippen LogP contribution in [0.3, 0.4) is 0 Å². The topological polar surface area (TPSA) is 78.8 Å². The molecule has 0 aliphatic carbocycles. The van der Waals surface area contributed by atoms with Crippen LogP contribution in [-0.4, -0.2) is 32.8 Å². The van der Waals surface area contributed by atoms with E-state index in [2.05, 4.69) is 10.5 Å². The number of nitrogens with one attached hydrogen (secondary N) is 1. The summed E-state index contributed by atoms with van der Waals surface area (Å²) in [5, 5.41) is 4.62. The molecule has 0 heterocycles. The Morgan fingerprint density at radius 3 is 2.38 bits per heavy atom. The molecule has 0 spiro atoms. The van der Waals surface area contributed by atoms with E-state index in [-0.39, 0.29) is 0 Å². The molecule has 2 aromatic rings. The molecule has 1 atom stereocenters. The minimum Gasteiger partial charge on any atom is -0.271 e. The average molecular weight is 414 g/mol. The number of carbonyl (C=O) groups excluding carboxylic acids is 1.